The summed E-state index contributed by atoms with van der Waals surface area (Å²) in [4.78, 5) is 0. The fourth-order valence-electron chi connectivity index (χ4n) is 2.50. The normalized spacial score (nSPS) is 19.9. The first kappa shape index (κ1) is 14.0. The third kappa shape index (κ3) is 3.74. The molecule has 0 saturated heterocycles. The fraction of sp³-hybridized carbons (Fsp3) is 1.00. The van der Waals surface area contributed by atoms with Crippen LogP contribution in [0.2, 0.25) is 0 Å². The molecule has 16 heavy (non-hydrogen) atoms. The van der Waals surface area contributed by atoms with Crippen molar-refractivity contribution in [3.05, 3.63) is 0 Å². The summed E-state index contributed by atoms with van der Waals surface area (Å²) in [7, 11) is 0. The maximum atomic E-state index is 5.78. The molecule has 2 nitrogen and oxygen atoms in total. The summed E-state index contributed by atoms with van der Waals surface area (Å²) in [6.07, 6.45) is 4.30. The zero-order valence-electron chi connectivity index (χ0n) is 11.6. The average molecular weight is 226 g/mol. The predicted molar refractivity (Wildman–Crippen MR) is 71.4 cm³/mol. The van der Waals surface area contributed by atoms with Gasteiger partial charge in [-0.15, -0.1) is 0 Å². The number of hydrogen-bond donors (Lipinski definition) is 2. The molecule has 1 atom stereocenters. The second-order valence-corrected chi connectivity index (χ2v) is 6.49. The monoisotopic (exact) mass is 226 g/mol. The summed E-state index contributed by atoms with van der Waals surface area (Å²) >= 11 is 0. The summed E-state index contributed by atoms with van der Waals surface area (Å²) in [6.45, 7) is 12.3. The average Bonchev–Trinajstić information content (AvgIpc) is 2.07. The minimum Gasteiger partial charge on any atom is -0.330 e. The molecule has 1 aliphatic rings. The quantitative estimate of drug-likeness (QED) is 0.700. The highest BCUT2D eigenvalue weighted by molar-refractivity contribution is 4.86. The second-order valence-electron chi connectivity index (χ2n) is 6.49. The van der Waals surface area contributed by atoms with Gasteiger partial charge in [0, 0.05) is 6.54 Å². The summed E-state index contributed by atoms with van der Waals surface area (Å²) in [5.74, 6) is 2.25. The van der Waals surface area contributed by atoms with Gasteiger partial charge in [0.2, 0.25) is 0 Å². The minimum absolute atomic E-state index is 0.467. The first-order chi connectivity index (χ1) is 7.47. The number of hydrogen-bond acceptors (Lipinski definition) is 2. The first-order valence-electron chi connectivity index (χ1n) is 6.88. The molecule has 3 N–H and O–H groups in total. The Bertz CT molecular complexity index is 195. The highest BCUT2D eigenvalue weighted by Gasteiger charge is 2.33. The highest BCUT2D eigenvalue weighted by atomic mass is 14.9. The number of nitrogens with two attached hydrogens (primary N) is 1. The predicted octanol–water partition coefficient (Wildman–Crippen LogP) is 2.63. The van der Waals surface area contributed by atoms with Crippen molar-refractivity contribution in [3.8, 4) is 0 Å². The smallest absolute Gasteiger partial charge is 0.000530 e. The molecule has 1 rings (SSSR count). The summed E-state index contributed by atoms with van der Waals surface area (Å²) in [6, 6.07) is 0. The first-order valence-corrected chi connectivity index (χ1v) is 6.88. The molecule has 1 unspecified atom stereocenters. The summed E-state index contributed by atoms with van der Waals surface area (Å²) < 4.78 is 0. The van der Waals surface area contributed by atoms with Gasteiger partial charge in [0.05, 0.1) is 0 Å². The van der Waals surface area contributed by atoms with Crippen LogP contribution in [-0.4, -0.2) is 19.6 Å². The van der Waals surface area contributed by atoms with Crippen molar-refractivity contribution in [1.82, 2.24) is 5.32 Å². The molecule has 0 bridgehead atoms. The standard InChI is InChI=1S/C14H30N2/c1-11(2)12(8-15)9-16-10-14(3,4)13-6-5-7-13/h11-13,16H,5-10,15H2,1-4H3. The minimum atomic E-state index is 0.467. The van der Waals surface area contributed by atoms with Crippen LogP contribution in [0, 0.1) is 23.2 Å². The van der Waals surface area contributed by atoms with Crippen LogP contribution in [0.25, 0.3) is 0 Å². The van der Waals surface area contributed by atoms with E-state index in [-0.39, 0.29) is 0 Å². The van der Waals surface area contributed by atoms with Crippen LogP contribution in [0.4, 0.5) is 0 Å². The molecule has 96 valence electrons. The van der Waals surface area contributed by atoms with E-state index in [0.717, 1.165) is 25.6 Å². The van der Waals surface area contributed by atoms with E-state index in [0.29, 0.717) is 17.3 Å². The number of rotatable bonds is 7. The molecule has 0 aromatic heterocycles. The molecule has 0 aromatic carbocycles. The van der Waals surface area contributed by atoms with Gasteiger partial charge in [-0.2, -0.15) is 0 Å². The van der Waals surface area contributed by atoms with E-state index in [9.17, 15) is 0 Å². The van der Waals surface area contributed by atoms with Crippen molar-refractivity contribution in [2.45, 2.75) is 47.0 Å². The van der Waals surface area contributed by atoms with Gasteiger partial charge in [0.15, 0.2) is 0 Å². The van der Waals surface area contributed by atoms with Gasteiger partial charge in [0.25, 0.3) is 0 Å². The molecule has 1 fully saturated rings. The Kier molecular flexibility index (Phi) is 5.26. The van der Waals surface area contributed by atoms with Crippen molar-refractivity contribution < 1.29 is 0 Å². The third-order valence-corrected chi connectivity index (χ3v) is 4.44. The zero-order valence-corrected chi connectivity index (χ0v) is 11.6. The molecular formula is C14H30N2. The van der Waals surface area contributed by atoms with Crippen LogP contribution in [0.3, 0.4) is 0 Å². The van der Waals surface area contributed by atoms with E-state index in [2.05, 4.69) is 33.0 Å². The van der Waals surface area contributed by atoms with Crippen LogP contribution < -0.4 is 11.1 Å². The molecule has 2 heteroatoms. The van der Waals surface area contributed by atoms with Crippen LogP contribution >= 0.6 is 0 Å². The number of nitrogens with one attached hydrogen (secondary N) is 1. The van der Waals surface area contributed by atoms with E-state index >= 15 is 0 Å². The molecular weight excluding hydrogens is 196 g/mol. The Morgan fingerprint density at radius 2 is 1.94 bits per heavy atom. The Labute approximate surface area is 101 Å². The zero-order chi connectivity index (χ0) is 12.2. The Balaban J connectivity index is 2.22. The second kappa shape index (κ2) is 6.02. The van der Waals surface area contributed by atoms with E-state index in [1.807, 2.05) is 0 Å². The lowest BCUT2D eigenvalue weighted by Gasteiger charge is -2.41. The molecule has 0 aliphatic heterocycles. The lowest BCUT2D eigenvalue weighted by Crippen LogP contribution is -2.41. The third-order valence-electron chi connectivity index (χ3n) is 4.44. The fourth-order valence-corrected chi connectivity index (χ4v) is 2.50. The van der Waals surface area contributed by atoms with Crippen molar-refractivity contribution in [1.29, 1.82) is 0 Å². The van der Waals surface area contributed by atoms with Gasteiger partial charge in [0.1, 0.15) is 0 Å². The molecule has 0 aromatic rings. The van der Waals surface area contributed by atoms with Gasteiger partial charge in [-0.1, -0.05) is 34.1 Å². The van der Waals surface area contributed by atoms with Gasteiger partial charge in [-0.3, -0.25) is 0 Å². The molecule has 1 saturated carbocycles. The molecule has 1 aliphatic carbocycles. The van der Waals surface area contributed by atoms with Crippen molar-refractivity contribution in [3.63, 3.8) is 0 Å². The van der Waals surface area contributed by atoms with Gasteiger partial charge < -0.3 is 11.1 Å². The van der Waals surface area contributed by atoms with Crippen LogP contribution in [0.15, 0.2) is 0 Å². The van der Waals surface area contributed by atoms with Crippen molar-refractivity contribution in [2.24, 2.45) is 28.9 Å². The SMILES string of the molecule is CC(C)C(CN)CNCC(C)(C)C1CCC1. The van der Waals surface area contributed by atoms with Crippen molar-refractivity contribution >= 4 is 0 Å². The van der Waals surface area contributed by atoms with Gasteiger partial charge in [-0.25, -0.2) is 0 Å². The Morgan fingerprint density at radius 3 is 2.31 bits per heavy atom. The van der Waals surface area contributed by atoms with Crippen LogP contribution in [0.5, 0.6) is 0 Å². The summed E-state index contributed by atoms with van der Waals surface area (Å²) in [5, 5.41) is 3.63. The van der Waals surface area contributed by atoms with Crippen LogP contribution in [-0.2, 0) is 0 Å². The van der Waals surface area contributed by atoms with Crippen molar-refractivity contribution in [2.75, 3.05) is 19.6 Å². The lowest BCUT2D eigenvalue weighted by molar-refractivity contribution is 0.117. The molecule has 0 spiro atoms. The van der Waals surface area contributed by atoms with E-state index < -0.39 is 0 Å². The van der Waals surface area contributed by atoms with E-state index in [1.54, 1.807) is 0 Å². The molecule has 0 heterocycles. The summed E-state index contributed by atoms with van der Waals surface area (Å²) in [5.41, 5.74) is 6.25. The topological polar surface area (TPSA) is 38.0 Å². The van der Waals surface area contributed by atoms with Crippen LogP contribution in [0.1, 0.15) is 47.0 Å². The van der Waals surface area contributed by atoms with E-state index in [1.165, 1.54) is 19.3 Å². The maximum absolute atomic E-state index is 5.78. The Morgan fingerprint density at radius 1 is 1.31 bits per heavy atom. The highest BCUT2D eigenvalue weighted by Crippen LogP contribution is 2.41. The van der Waals surface area contributed by atoms with Gasteiger partial charge >= 0.3 is 0 Å². The lowest BCUT2D eigenvalue weighted by atomic mass is 9.67. The van der Waals surface area contributed by atoms with Gasteiger partial charge in [-0.05, 0) is 49.1 Å². The molecule has 0 radical (unpaired) electrons. The Hall–Kier alpha value is -0.0800. The maximum Gasteiger partial charge on any atom is 0.000530 e. The largest absolute Gasteiger partial charge is 0.330 e. The van der Waals surface area contributed by atoms with E-state index in [4.69, 9.17) is 5.73 Å². The molecule has 0 amide bonds.